The van der Waals surface area contributed by atoms with E-state index in [0.29, 0.717) is 11.8 Å². The lowest BCUT2D eigenvalue weighted by Crippen LogP contribution is -2.29. The van der Waals surface area contributed by atoms with Gasteiger partial charge in [0.1, 0.15) is 5.82 Å². The number of pyridine rings is 1. The third-order valence-corrected chi connectivity index (χ3v) is 5.25. The van der Waals surface area contributed by atoms with Crippen LogP contribution in [0, 0.1) is 17.5 Å². The maximum Gasteiger partial charge on any atom is 0.166 e. The van der Waals surface area contributed by atoms with E-state index in [1.165, 1.54) is 0 Å². The Hall–Kier alpha value is -3.07. The van der Waals surface area contributed by atoms with Crippen molar-refractivity contribution >= 4 is 5.82 Å². The molecule has 6 nitrogen and oxygen atoms in total. The molecule has 0 amide bonds. The number of nitrogen functional groups attached to an aromatic ring is 1. The number of anilines is 1. The van der Waals surface area contributed by atoms with Crippen LogP contribution in [0.2, 0.25) is 0 Å². The molecule has 1 aliphatic heterocycles. The first-order chi connectivity index (χ1) is 14.5. The van der Waals surface area contributed by atoms with Gasteiger partial charge in [-0.3, -0.25) is 4.68 Å². The number of hydrogen-bond donors (Lipinski definition) is 2. The summed E-state index contributed by atoms with van der Waals surface area (Å²) in [4.78, 5) is 4.15. The van der Waals surface area contributed by atoms with Crippen molar-refractivity contribution in [3.8, 4) is 16.9 Å². The summed E-state index contributed by atoms with van der Waals surface area (Å²) in [6.45, 7) is 1.85. The monoisotopic (exact) mass is 417 g/mol. The van der Waals surface area contributed by atoms with Crippen molar-refractivity contribution in [2.45, 2.75) is 25.3 Å². The number of ether oxygens (including phenoxy) is 1. The smallest absolute Gasteiger partial charge is 0.166 e. The molecule has 3 N–H and O–H groups in total. The highest BCUT2D eigenvalue weighted by Crippen LogP contribution is 2.28. The van der Waals surface area contributed by atoms with Gasteiger partial charge in [0.2, 0.25) is 0 Å². The highest BCUT2D eigenvalue weighted by Gasteiger charge is 2.17. The summed E-state index contributed by atoms with van der Waals surface area (Å²) >= 11 is 0. The number of aromatic nitrogens is 3. The van der Waals surface area contributed by atoms with Crippen molar-refractivity contribution in [3.63, 3.8) is 0 Å². The van der Waals surface area contributed by atoms with Crippen molar-refractivity contribution in [2.24, 2.45) is 0 Å². The maximum absolute atomic E-state index is 13.8. The number of piperidine rings is 1. The fourth-order valence-electron chi connectivity index (χ4n) is 3.55. The van der Waals surface area contributed by atoms with E-state index < -0.39 is 17.5 Å². The van der Waals surface area contributed by atoms with Crippen LogP contribution in [-0.4, -0.2) is 34.5 Å². The van der Waals surface area contributed by atoms with Gasteiger partial charge in [-0.1, -0.05) is 0 Å². The largest absolute Gasteiger partial charge is 0.489 e. The lowest BCUT2D eigenvalue weighted by molar-refractivity contribution is 0.317. The van der Waals surface area contributed by atoms with Gasteiger partial charge in [0.15, 0.2) is 23.2 Å². The second-order valence-corrected chi connectivity index (χ2v) is 7.22. The highest BCUT2D eigenvalue weighted by atomic mass is 19.2. The third kappa shape index (κ3) is 4.25. The molecule has 0 radical (unpaired) electrons. The van der Waals surface area contributed by atoms with Crippen LogP contribution in [0.25, 0.3) is 11.1 Å². The van der Waals surface area contributed by atoms with E-state index in [1.54, 1.807) is 18.5 Å². The standard InChI is InChI=1S/C21H22F3N5O/c22-17-1-2-18(23)20(24)16(17)5-8-30-19-9-13(10-27-21(19)25)14-11-28-29(12-14)15-3-6-26-7-4-15/h1-2,9-12,15,26H,3-8H2,(H2,25,27). The van der Waals surface area contributed by atoms with Crippen molar-refractivity contribution in [1.29, 1.82) is 0 Å². The fraction of sp³-hybridized carbons (Fsp3) is 0.333. The zero-order chi connectivity index (χ0) is 21.1. The van der Waals surface area contributed by atoms with Gasteiger partial charge in [0, 0.05) is 35.5 Å². The summed E-state index contributed by atoms with van der Waals surface area (Å²) < 4.78 is 48.4. The minimum atomic E-state index is -1.20. The van der Waals surface area contributed by atoms with Gasteiger partial charge in [0.25, 0.3) is 0 Å². The second kappa shape index (κ2) is 8.74. The normalized spacial score (nSPS) is 14.8. The average Bonchev–Trinajstić information content (AvgIpc) is 3.25. The number of nitrogens with one attached hydrogen (secondary N) is 1. The second-order valence-electron chi connectivity index (χ2n) is 7.22. The molecule has 0 spiro atoms. The van der Waals surface area contributed by atoms with Gasteiger partial charge in [-0.2, -0.15) is 5.10 Å². The molecular formula is C21H22F3N5O. The van der Waals surface area contributed by atoms with Crippen LogP contribution < -0.4 is 15.8 Å². The molecule has 0 bridgehead atoms. The van der Waals surface area contributed by atoms with E-state index in [1.807, 2.05) is 10.9 Å². The predicted octanol–water partition coefficient (Wildman–Crippen LogP) is 3.49. The summed E-state index contributed by atoms with van der Waals surface area (Å²) in [7, 11) is 0. The molecule has 9 heteroatoms. The van der Waals surface area contributed by atoms with Crippen molar-refractivity contribution in [2.75, 3.05) is 25.4 Å². The van der Waals surface area contributed by atoms with Crippen LogP contribution >= 0.6 is 0 Å². The molecule has 0 aliphatic carbocycles. The quantitative estimate of drug-likeness (QED) is 0.601. The molecule has 158 valence electrons. The molecule has 1 fully saturated rings. The summed E-state index contributed by atoms with van der Waals surface area (Å²) in [5.41, 5.74) is 7.16. The minimum absolute atomic E-state index is 0.0824. The first-order valence-corrected chi connectivity index (χ1v) is 9.79. The van der Waals surface area contributed by atoms with Gasteiger partial charge in [-0.25, -0.2) is 18.2 Å². The van der Waals surface area contributed by atoms with Gasteiger partial charge in [-0.05, 0) is 44.1 Å². The molecule has 4 rings (SSSR count). The number of benzene rings is 1. The Morgan fingerprint density at radius 3 is 2.67 bits per heavy atom. The topological polar surface area (TPSA) is 78.0 Å². The Bertz CT molecular complexity index is 1030. The van der Waals surface area contributed by atoms with Crippen molar-refractivity contribution in [3.05, 3.63) is 59.8 Å². The van der Waals surface area contributed by atoms with Gasteiger partial charge < -0.3 is 15.8 Å². The highest BCUT2D eigenvalue weighted by molar-refractivity contribution is 5.65. The first-order valence-electron chi connectivity index (χ1n) is 9.79. The minimum Gasteiger partial charge on any atom is -0.489 e. The Kier molecular flexibility index (Phi) is 5.89. The predicted molar refractivity (Wildman–Crippen MR) is 107 cm³/mol. The summed E-state index contributed by atoms with van der Waals surface area (Å²) in [5, 5.41) is 7.80. The molecule has 30 heavy (non-hydrogen) atoms. The third-order valence-electron chi connectivity index (χ3n) is 5.25. The van der Waals surface area contributed by atoms with Gasteiger partial charge in [-0.15, -0.1) is 0 Å². The molecule has 1 saturated heterocycles. The van der Waals surface area contributed by atoms with E-state index >= 15 is 0 Å². The average molecular weight is 417 g/mol. The molecule has 2 aromatic heterocycles. The van der Waals surface area contributed by atoms with Crippen LogP contribution in [0.15, 0.2) is 36.8 Å². The van der Waals surface area contributed by atoms with Crippen molar-refractivity contribution in [1.82, 2.24) is 20.1 Å². The number of nitrogens with two attached hydrogens (primary N) is 1. The van der Waals surface area contributed by atoms with Crippen LogP contribution in [0.3, 0.4) is 0 Å². The van der Waals surface area contributed by atoms with E-state index in [0.717, 1.165) is 49.2 Å². The molecule has 0 unspecified atom stereocenters. The van der Waals surface area contributed by atoms with Gasteiger partial charge >= 0.3 is 0 Å². The molecule has 0 saturated carbocycles. The number of nitrogens with zero attached hydrogens (tertiary/aromatic N) is 3. The van der Waals surface area contributed by atoms with Crippen LogP contribution in [-0.2, 0) is 6.42 Å². The molecule has 0 atom stereocenters. The molecule has 1 aliphatic rings. The van der Waals surface area contributed by atoms with E-state index in [9.17, 15) is 13.2 Å². The number of rotatable bonds is 6. The Labute approximate surface area is 171 Å². The fourth-order valence-corrected chi connectivity index (χ4v) is 3.55. The Balaban J connectivity index is 1.46. The van der Waals surface area contributed by atoms with E-state index in [2.05, 4.69) is 15.4 Å². The Morgan fingerprint density at radius 2 is 1.87 bits per heavy atom. The molecule has 1 aromatic carbocycles. The summed E-state index contributed by atoms with van der Waals surface area (Å²) in [5.74, 6) is -2.67. The SMILES string of the molecule is Nc1ncc(-c2cnn(C3CCNCC3)c2)cc1OCCc1c(F)ccc(F)c1F. The Morgan fingerprint density at radius 1 is 1.10 bits per heavy atom. The summed E-state index contributed by atoms with van der Waals surface area (Å²) in [6.07, 6.45) is 7.23. The first kappa shape index (κ1) is 20.2. The van der Waals surface area contributed by atoms with Crippen LogP contribution in [0.4, 0.5) is 19.0 Å². The van der Waals surface area contributed by atoms with Crippen molar-refractivity contribution < 1.29 is 17.9 Å². The van der Waals surface area contributed by atoms with E-state index in [4.69, 9.17) is 10.5 Å². The van der Waals surface area contributed by atoms with Crippen LogP contribution in [0.1, 0.15) is 24.4 Å². The van der Waals surface area contributed by atoms with Gasteiger partial charge in [0.05, 0.1) is 18.8 Å². The molecular weight excluding hydrogens is 395 g/mol. The number of hydrogen-bond acceptors (Lipinski definition) is 5. The van der Waals surface area contributed by atoms with E-state index in [-0.39, 0.29) is 24.4 Å². The maximum atomic E-state index is 13.8. The molecule has 3 aromatic rings. The zero-order valence-electron chi connectivity index (χ0n) is 16.2. The number of halogens is 3. The lowest BCUT2D eigenvalue weighted by atomic mass is 10.1. The summed E-state index contributed by atoms with van der Waals surface area (Å²) in [6, 6.07) is 3.72. The molecule has 3 heterocycles. The lowest BCUT2D eigenvalue weighted by Gasteiger charge is -2.22. The zero-order valence-corrected chi connectivity index (χ0v) is 16.2. The van der Waals surface area contributed by atoms with Crippen LogP contribution in [0.5, 0.6) is 5.75 Å².